The Kier molecular flexibility index (Phi) is 2.83. The monoisotopic (exact) mass is 204 g/mol. The van der Waals surface area contributed by atoms with Gasteiger partial charge >= 0.3 is 5.97 Å². The van der Waals surface area contributed by atoms with E-state index in [1.54, 1.807) is 13.8 Å². The number of nitrogens with zero attached hydrogens (tertiary/aromatic N) is 2. The smallest absolute Gasteiger partial charge is 0.339 e. The van der Waals surface area contributed by atoms with Crippen LogP contribution in [0.15, 0.2) is 6.20 Å². The molecule has 0 unspecified atom stereocenters. The van der Waals surface area contributed by atoms with Crippen LogP contribution in [0, 0.1) is 0 Å². The van der Waals surface area contributed by atoms with Crippen molar-refractivity contribution in [2.45, 2.75) is 26.3 Å². The Balaban J connectivity index is 3.19. The molecule has 1 aromatic rings. The topological polar surface area (TPSA) is 55.1 Å². The van der Waals surface area contributed by atoms with Gasteiger partial charge in [0.25, 0.3) is 6.43 Å². The van der Waals surface area contributed by atoms with Crippen LogP contribution in [-0.2, 0) is 0 Å². The van der Waals surface area contributed by atoms with Gasteiger partial charge in [0.1, 0.15) is 11.3 Å². The number of hydrogen-bond acceptors (Lipinski definition) is 2. The zero-order valence-electron chi connectivity index (χ0n) is 7.74. The number of rotatable bonds is 3. The van der Waals surface area contributed by atoms with E-state index in [0.29, 0.717) is 0 Å². The number of carboxylic acid groups (broad SMARTS) is 1. The molecule has 1 N–H and O–H groups in total. The second-order valence-electron chi connectivity index (χ2n) is 3.11. The van der Waals surface area contributed by atoms with Gasteiger partial charge < -0.3 is 5.11 Å². The highest BCUT2D eigenvalue weighted by Gasteiger charge is 2.23. The van der Waals surface area contributed by atoms with E-state index < -0.39 is 23.7 Å². The average Bonchev–Trinajstić information content (AvgIpc) is 2.47. The fourth-order valence-corrected chi connectivity index (χ4v) is 0.996. The molecule has 0 aliphatic carbocycles. The molecule has 6 heteroatoms. The second-order valence-corrected chi connectivity index (χ2v) is 3.11. The van der Waals surface area contributed by atoms with Crippen LogP contribution in [0.25, 0.3) is 0 Å². The van der Waals surface area contributed by atoms with E-state index in [4.69, 9.17) is 5.11 Å². The summed E-state index contributed by atoms with van der Waals surface area (Å²) in [5.41, 5.74) is -1.11. The molecule has 1 rings (SSSR count). The van der Waals surface area contributed by atoms with Crippen molar-refractivity contribution in [3.63, 3.8) is 0 Å². The number of halogens is 2. The van der Waals surface area contributed by atoms with Crippen LogP contribution in [0.5, 0.6) is 0 Å². The Labute approximate surface area is 79.2 Å². The fourth-order valence-electron chi connectivity index (χ4n) is 0.996. The normalized spacial score (nSPS) is 11.3. The van der Waals surface area contributed by atoms with E-state index in [1.165, 1.54) is 4.68 Å². The van der Waals surface area contributed by atoms with Crippen molar-refractivity contribution in [2.75, 3.05) is 0 Å². The number of aromatic nitrogens is 2. The Bertz CT molecular complexity index is 347. The van der Waals surface area contributed by atoms with Crippen molar-refractivity contribution in [2.24, 2.45) is 0 Å². The SMILES string of the molecule is CC(C)n1cc(C(=O)O)c(C(F)F)n1. The molecule has 0 amide bonds. The molecular formula is C8H10F2N2O2. The predicted octanol–water partition coefficient (Wildman–Crippen LogP) is 2.10. The predicted molar refractivity (Wildman–Crippen MR) is 44.5 cm³/mol. The number of carbonyl (C=O) groups is 1. The molecule has 14 heavy (non-hydrogen) atoms. The van der Waals surface area contributed by atoms with Crippen molar-refractivity contribution >= 4 is 5.97 Å². The average molecular weight is 204 g/mol. The van der Waals surface area contributed by atoms with Gasteiger partial charge in [0.15, 0.2) is 0 Å². The standard InChI is InChI=1S/C8H10F2N2O2/c1-4(2)12-3-5(8(13)14)6(11-12)7(9)10/h3-4,7H,1-2H3,(H,13,14). The molecule has 0 saturated heterocycles. The van der Waals surface area contributed by atoms with Crippen LogP contribution < -0.4 is 0 Å². The highest BCUT2D eigenvalue weighted by Crippen LogP contribution is 2.22. The molecule has 78 valence electrons. The molecule has 0 saturated carbocycles. The van der Waals surface area contributed by atoms with Crippen molar-refractivity contribution in [3.8, 4) is 0 Å². The third-order valence-electron chi connectivity index (χ3n) is 1.73. The quantitative estimate of drug-likeness (QED) is 0.820. The minimum Gasteiger partial charge on any atom is -0.478 e. The molecule has 1 heterocycles. The van der Waals surface area contributed by atoms with Crippen molar-refractivity contribution < 1.29 is 18.7 Å². The first-order valence-electron chi connectivity index (χ1n) is 4.04. The van der Waals surface area contributed by atoms with Crippen molar-refractivity contribution in [3.05, 3.63) is 17.5 Å². The minimum absolute atomic E-state index is 0.138. The second kappa shape index (κ2) is 3.73. The van der Waals surface area contributed by atoms with Gasteiger partial charge in [0.05, 0.1) is 0 Å². The van der Waals surface area contributed by atoms with Gasteiger partial charge in [-0.1, -0.05) is 0 Å². The molecule has 0 aliphatic rings. The van der Waals surface area contributed by atoms with E-state index >= 15 is 0 Å². The van der Waals surface area contributed by atoms with Crippen LogP contribution in [0.4, 0.5) is 8.78 Å². The zero-order valence-corrected chi connectivity index (χ0v) is 7.74. The maximum absolute atomic E-state index is 12.3. The zero-order chi connectivity index (χ0) is 10.9. The lowest BCUT2D eigenvalue weighted by Gasteiger charge is -2.02. The van der Waals surface area contributed by atoms with Crippen molar-refractivity contribution in [1.82, 2.24) is 9.78 Å². The first-order valence-corrected chi connectivity index (χ1v) is 4.04. The lowest BCUT2D eigenvalue weighted by atomic mass is 10.2. The first kappa shape index (κ1) is 10.6. The summed E-state index contributed by atoms with van der Waals surface area (Å²) in [6, 6.07) is -0.138. The molecule has 0 aromatic carbocycles. The lowest BCUT2D eigenvalue weighted by molar-refractivity contribution is 0.0684. The summed E-state index contributed by atoms with van der Waals surface area (Å²) in [5.74, 6) is -1.38. The number of carboxylic acids is 1. The van der Waals surface area contributed by atoms with E-state index in [1.807, 2.05) is 0 Å². The number of alkyl halides is 2. The van der Waals surface area contributed by atoms with Gasteiger partial charge in [-0.05, 0) is 13.8 Å². The maximum atomic E-state index is 12.3. The van der Waals surface area contributed by atoms with Crippen molar-refractivity contribution in [1.29, 1.82) is 0 Å². The molecule has 1 aromatic heterocycles. The molecular weight excluding hydrogens is 194 g/mol. The van der Waals surface area contributed by atoms with Crippen LogP contribution in [0.1, 0.15) is 42.4 Å². The molecule has 0 aliphatic heterocycles. The third kappa shape index (κ3) is 1.89. The number of aromatic carboxylic acids is 1. The summed E-state index contributed by atoms with van der Waals surface area (Å²) in [4.78, 5) is 10.6. The minimum atomic E-state index is -2.86. The highest BCUT2D eigenvalue weighted by molar-refractivity contribution is 5.88. The summed E-state index contributed by atoms with van der Waals surface area (Å²) >= 11 is 0. The van der Waals surface area contributed by atoms with Crippen LogP contribution >= 0.6 is 0 Å². The molecule has 0 bridgehead atoms. The molecule has 0 radical (unpaired) electrons. The van der Waals surface area contributed by atoms with Gasteiger partial charge in [-0.25, -0.2) is 13.6 Å². The van der Waals surface area contributed by atoms with Crippen LogP contribution in [0.3, 0.4) is 0 Å². The summed E-state index contributed by atoms with van der Waals surface area (Å²) in [6.07, 6.45) is -1.74. The van der Waals surface area contributed by atoms with Crippen LogP contribution in [-0.4, -0.2) is 20.9 Å². The van der Waals surface area contributed by atoms with E-state index in [0.717, 1.165) is 6.20 Å². The van der Waals surface area contributed by atoms with Gasteiger partial charge in [-0.15, -0.1) is 0 Å². The molecule has 0 atom stereocenters. The Morgan fingerprint density at radius 1 is 1.57 bits per heavy atom. The molecule has 0 spiro atoms. The Hall–Kier alpha value is -1.46. The van der Waals surface area contributed by atoms with E-state index in [9.17, 15) is 13.6 Å². The Morgan fingerprint density at radius 3 is 2.43 bits per heavy atom. The fraction of sp³-hybridized carbons (Fsp3) is 0.500. The van der Waals surface area contributed by atoms with Gasteiger partial charge in [-0.3, -0.25) is 4.68 Å². The van der Waals surface area contributed by atoms with Gasteiger partial charge in [0, 0.05) is 12.2 Å². The van der Waals surface area contributed by atoms with E-state index in [-0.39, 0.29) is 6.04 Å². The van der Waals surface area contributed by atoms with E-state index in [2.05, 4.69) is 5.10 Å². The largest absolute Gasteiger partial charge is 0.478 e. The molecule has 0 fully saturated rings. The lowest BCUT2D eigenvalue weighted by Crippen LogP contribution is -2.01. The maximum Gasteiger partial charge on any atom is 0.339 e. The van der Waals surface area contributed by atoms with Crippen LogP contribution in [0.2, 0.25) is 0 Å². The summed E-state index contributed by atoms with van der Waals surface area (Å²) in [5, 5.41) is 12.1. The third-order valence-corrected chi connectivity index (χ3v) is 1.73. The van der Waals surface area contributed by atoms with Gasteiger partial charge in [0.2, 0.25) is 0 Å². The molecule has 4 nitrogen and oxygen atoms in total. The van der Waals surface area contributed by atoms with Gasteiger partial charge in [-0.2, -0.15) is 5.10 Å². The number of hydrogen-bond donors (Lipinski definition) is 1. The Morgan fingerprint density at radius 2 is 2.14 bits per heavy atom. The summed E-state index contributed by atoms with van der Waals surface area (Å²) in [6.45, 7) is 3.46. The first-order chi connectivity index (χ1) is 6.43. The summed E-state index contributed by atoms with van der Waals surface area (Å²) in [7, 11) is 0. The highest BCUT2D eigenvalue weighted by atomic mass is 19.3. The summed E-state index contributed by atoms with van der Waals surface area (Å²) < 4.78 is 25.9.